The Morgan fingerprint density at radius 2 is 1.83 bits per heavy atom. The van der Waals surface area contributed by atoms with Crippen LogP contribution in [0.15, 0.2) is 54.2 Å². The maximum absolute atomic E-state index is 12.6. The van der Waals surface area contributed by atoms with Gasteiger partial charge in [-0.2, -0.15) is 5.26 Å². The molecule has 1 N–H and O–H groups in total. The first kappa shape index (κ1) is 21.3. The zero-order valence-corrected chi connectivity index (χ0v) is 17.6. The molecule has 7 nitrogen and oxygen atoms in total. The van der Waals surface area contributed by atoms with Crippen LogP contribution in [-0.2, 0) is 4.79 Å². The van der Waals surface area contributed by atoms with E-state index in [0.29, 0.717) is 35.3 Å². The Balaban J connectivity index is 1.63. The Hall–Kier alpha value is -3.37. The van der Waals surface area contributed by atoms with Crippen molar-refractivity contribution in [3.63, 3.8) is 0 Å². The summed E-state index contributed by atoms with van der Waals surface area (Å²) in [5, 5.41) is 12.9. The number of hydrogen-bond acceptors (Lipinski definition) is 6. The Morgan fingerprint density at radius 3 is 2.47 bits per heavy atom. The van der Waals surface area contributed by atoms with E-state index in [1.807, 2.05) is 35.2 Å². The molecule has 0 bridgehead atoms. The van der Waals surface area contributed by atoms with E-state index in [0.717, 1.165) is 18.8 Å². The molecule has 2 aromatic carbocycles. The highest BCUT2D eigenvalue weighted by Crippen LogP contribution is 2.30. The van der Waals surface area contributed by atoms with Gasteiger partial charge in [-0.05, 0) is 30.3 Å². The number of carbonyl (C=O) groups excluding carboxylic acids is 1. The van der Waals surface area contributed by atoms with Crippen LogP contribution in [-0.4, -0.2) is 51.2 Å². The number of nitrogens with zero attached hydrogens (tertiary/aromatic N) is 3. The van der Waals surface area contributed by atoms with E-state index in [4.69, 9.17) is 21.1 Å². The number of piperazine rings is 1. The number of methoxy groups -OCH3 is 2. The van der Waals surface area contributed by atoms with Crippen molar-refractivity contribution in [2.45, 2.75) is 0 Å². The Morgan fingerprint density at radius 1 is 1.10 bits per heavy atom. The Labute approximate surface area is 181 Å². The van der Waals surface area contributed by atoms with E-state index in [9.17, 15) is 10.1 Å². The molecular weight excluding hydrogens is 404 g/mol. The Kier molecular flexibility index (Phi) is 7.04. The second-order valence-electron chi connectivity index (χ2n) is 6.68. The second kappa shape index (κ2) is 9.90. The van der Waals surface area contributed by atoms with Crippen LogP contribution in [0.25, 0.3) is 0 Å². The van der Waals surface area contributed by atoms with Gasteiger partial charge in [0.15, 0.2) is 11.5 Å². The van der Waals surface area contributed by atoms with Gasteiger partial charge in [0.05, 0.1) is 14.2 Å². The molecule has 0 unspecified atom stereocenters. The molecule has 0 aliphatic carbocycles. The van der Waals surface area contributed by atoms with Crippen LogP contribution in [0, 0.1) is 11.3 Å². The predicted octanol–water partition coefficient (Wildman–Crippen LogP) is 3.53. The van der Waals surface area contributed by atoms with Gasteiger partial charge in [0, 0.05) is 54.8 Å². The lowest BCUT2D eigenvalue weighted by Crippen LogP contribution is -2.44. The molecule has 1 fully saturated rings. The monoisotopic (exact) mass is 426 g/mol. The number of carbonyl (C=O) groups is 1. The van der Waals surface area contributed by atoms with Gasteiger partial charge in [-0.25, -0.2) is 0 Å². The van der Waals surface area contributed by atoms with E-state index in [1.54, 1.807) is 31.5 Å². The lowest BCUT2D eigenvalue weighted by atomic mass is 10.2. The summed E-state index contributed by atoms with van der Waals surface area (Å²) in [7, 11) is 3.06. The molecule has 1 heterocycles. The van der Waals surface area contributed by atoms with Crippen molar-refractivity contribution >= 4 is 28.9 Å². The molecule has 1 amide bonds. The van der Waals surface area contributed by atoms with Gasteiger partial charge in [0.25, 0.3) is 5.91 Å². The topological polar surface area (TPSA) is 77.8 Å². The van der Waals surface area contributed by atoms with Crippen molar-refractivity contribution in [2.24, 2.45) is 0 Å². The molecule has 1 saturated heterocycles. The summed E-state index contributed by atoms with van der Waals surface area (Å²) in [6, 6.07) is 14.8. The SMILES string of the molecule is COc1ccc(NC(=O)/C(C#N)=C\N2CCN(c3cccc(Cl)c3)CC2)cc1OC. The third-order valence-corrected chi connectivity index (χ3v) is 5.04. The number of hydrogen-bond donors (Lipinski definition) is 1. The molecule has 1 aliphatic heterocycles. The van der Waals surface area contributed by atoms with E-state index in [2.05, 4.69) is 10.2 Å². The number of nitrogens with one attached hydrogen (secondary N) is 1. The highest BCUT2D eigenvalue weighted by molar-refractivity contribution is 6.30. The third-order valence-electron chi connectivity index (χ3n) is 4.81. The molecule has 8 heteroatoms. The van der Waals surface area contributed by atoms with Gasteiger partial charge >= 0.3 is 0 Å². The van der Waals surface area contributed by atoms with Crippen LogP contribution < -0.4 is 19.7 Å². The number of benzene rings is 2. The second-order valence-corrected chi connectivity index (χ2v) is 7.12. The summed E-state index contributed by atoms with van der Waals surface area (Å²) in [5.41, 5.74) is 1.63. The van der Waals surface area contributed by atoms with Gasteiger partial charge in [0.1, 0.15) is 11.6 Å². The van der Waals surface area contributed by atoms with Crippen LogP contribution in [0.5, 0.6) is 11.5 Å². The normalized spacial score (nSPS) is 14.1. The lowest BCUT2D eigenvalue weighted by molar-refractivity contribution is -0.112. The molecule has 1 aliphatic rings. The van der Waals surface area contributed by atoms with E-state index < -0.39 is 5.91 Å². The van der Waals surface area contributed by atoms with Crippen LogP contribution in [0.3, 0.4) is 0 Å². The first-order valence-corrected chi connectivity index (χ1v) is 9.81. The maximum atomic E-state index is 12.6. The van der Waals surface area contributed by atoms with E-state index in [1.165, 1.54) is 7.11 Å². The van der Waals surface area contributed by atoms with Gasteiger partial charge in [-0.3, -0.25) is 4.79 Å². The minimum absolute atomic E-state index is 0.0426. The third kappa shape index (κ3) is 5.16. The molecule has 0 atom stereocenters. The fraction of sp³-hybridized carbons (Fsp3) is 0.273. The van der Waals surface area contributed by atoms with Crippen molar-refractivity contribution in [1.82, 2.24) is 4.90 Å². The summed E-state index contributed by atoms with van der Waals surface area (Å²) < 4.78 is 10.4. The van der Waals surface area contributed by atoms with Crippen molar-refractivity contribution in [2.75, 3.05) is 50.6 Å². The molecule has 156 valence electrons. The largest absolute Gasteiger partial charge is 0.493 e. The van der Waals surface area contributed by atoms with Crippen molar-refractivity contribution in [3.8, 4) is 17.6 Å². The quantitative estimate of drug-likeness (QED) is 0.562. The first-order valence-electron chi connectivity index (χ1n) is 9.44. The lowest BCUT2D eigenvalue weighted by Gasteiger charge is -2.35. The number of nitriles is 1. The number of anilines is 2. The summed E-state index contributed by atoms with van der Waals surface area (Å²) >= 11 is 6.08. The number of amides is 1. The van der Waals surface area contributed by atoms with Crippen LogP contribution in [0.1, 0.15) is 0 Å². The van der Waals surface area contributed by atoms with Crippen LogP contribution >= 0.6 is 11.6 Å². The molecule has 0 saturated carbocycles. The molecule has 3 rings (SSSR count). The molecule has 30 heavy (non-hydrogen) atoms. The van der Waals surface area contributed by atoms with Crippen molar-refractivity contribution < 1.29 is 14.3 Å². The van der Waals surface area contributed by atoms with Gasteiger partial charge in [-0.1, -0.05) is 17.7 Å². The average Bonchev–Trinajstić information content (AvgIpc) is 2.77. The molecular formula is C22H23ClN4O3. The highest BCUT2D eigenvalue weighted by Gasteiger charge is 2.18. The summed E-state index contributed by atoms with van der Waals surface area (Å²) in [4.78, 5) is 16.8. The fourth-order valence-electron chi connectivity index (χ4n) is 3.22. The molecule has 2 aromatic rings. The highest BCUT2D eigenvalue weighted by atomic mass is 35.5. The molecule has 0 aromatic heterocycles. The fourth-order valence-corrected chi connectivity index (χ4v) is 3.40. The molecule has 0 radical (unpaired) electrons. The number of rotatable bonds is 6. The zero-order valence-electron chi connectivity index (χ0n) is 16.9. The maximum Gasteiger partial charge on any atom is 0.267 e. The predicted molar refractivity (Wildman–Crippen MR) is 117 cm³/mol. The zero-order chi connectivity index (χ0) is 21.5. The van der Waals surface area contributed by atoms with Gasteiger partial charge < -0.3 is 24.6 Å². The standard InChI is InChI=1S/C22H23ClN4O3/c1-29-20-7-6-18(13-21(20)30-2)25-22(28)16(14-24)15-26-8-10-27(11-9-26)19-5-3-4-17(23)12-19/h3-7,12-13,15H,8-11H2,1-2H3,(H,25,28)/b16-15-. The smallest absolute Gasteiger partial charge is 0.267 e. The Bertz CT molecular complexity index is 979. The van der Waals surface area contributed by atoms with Gasteiger partial charge in [-0.15, -0.1) is 0 Å². The van der Waals surface area contributed by atoms with Gasteiger partial charge in [0.2, 0.25) is 0 Å². The molecule has 0 spiro atoms. The van der Waals surface area contributed by atoms with Crippen molar-refractivity contribution in [1.29, 1.82) is 5.26 Å². The number of halogens is 1. The summed E-state index contributed by atoms with van der Waals surface area (Å²) in [6.45, 7) is 2.93. The van der Waals surface area contributed by atoms with E-state index in [-0.39, 0.29) is 5.57 Å². The average molecular weight is 427 g/mol. The minimum atomic E-state index is -0.470. The van der Waals surface area contributed by atoms with Crippen molar-refractivity contribution in [3.05, 3.63) is 59.3 Å². The summed E-state index contributed by atoms with van der Waals surface area (Å²) in [6.07, 6.45) is 1.62. The van der Waals surface area contributed by atoms with Crippen LogP contribution in [0.2, 0.25) is 5.02 Å². The van der Waals surface area contributed by atoms with Crippen LogP contribution in [0.4, 0.5) is 11.4 Å². The van der Waals surface area contributed by atoms with E-state index >= 15 is 0 Å². The summed E-state index contributed by atoms with van der Waals surface area (Å²) in [5.74, 6) is 0.584. The minimum Gasteiger partial charge on any atom is -0.493 e. The first-order chi connectivity index (χ1) is 14.5. The number of ether oxygens (including phenoxy) is 2.